The molecule has 0 aliphatic carbocycles. The Labute approximate surface area is 60.6 Å². The van der Waals surface area contributed by atoms with Gasteiger partial charge < -0.3 is 0 Å². The minimum atomic E-state index is 0.875. The van der Waals surface area contributed by atoms with E-state index in [4.69, 9.17) is 0 Å². The van der Waals surface area contributed by atoms with E-state index in [-0.39, 0.29) is 0 Å². The van der Waals surface area contributed by atoms with Gasteiger partial charge in [0.1, 0.15) is 0 Å². The van der Waals surface area contributed by atoms with E-state index in [0.717, 1.165) is 17.1 Å². The third-order valence-electron chi connectivity index (χ3n) is 1.31. The molecule has 0 unspecified atom stereocenters. The zero-order chi connectivity index (χ0) is 7.56. The first-order valence-corrected chi connectivity index (χ1v) is 3.16. The van der Waals surface area contributed by atoms with Crippen LogP contribution in [0.15, 0.2) is 12.8 Å². The van der Waals surface area contributed by atoms with Crippen molar-refractivity contribution in [1.29, 1.82) is 0 Å². The van der Waals surface area contributed by atoms with Gasteiger partial charge in [0.25, 0.3) is 0 Å². The Kier molecular flexibility index (Phi) is 1.81. The summed E-state index contributed by atoms with van der Waals surface area (Å²) in [6.07, 6.45) is 3.47. The molecule has 0 spiro atoms. The normalized spacial score (nSPS) is 9.40. The Hall–Kier alpha value is -1.18. The molecule has 0 aliphatic heterocycles. The maximum absolute atomic E-state index is 4.21. The Balaban J connectivity index is 3.21. The molecule has 0 aliphatic rings. The highest BCUT2D eigenvalue weighted by molar-refractivity contribution is 5.43. The number of aromatic nitrogens is 2. The van der Waals surface area contributed by atoms with Gasteiger partial charge in [-0.2, -0.15) is 0 Å². The molecule has 0 fully saturated rings. The van der Waals surface area contributed by atoms with Gasteiger partial charge in [-0.25, -0.2) is 0 Å². The summed E-state index contributed by atoms with van der Waals surface area (Å²) >= 11 is 0. The second-order valence-electron chi connectivity index (χ2n) is 2.19. The van der Waals surface area contributed by atoms with Gasteiger partial charge in [0, 0.05) is 6.20 Å². The van der Waals surface area contributed by atoms with Crippen LogP contribution in [0.25, 0.3) is 6.08 Å². The average molecular weight is 134 g/mol. The van der Waals surface area contributed by atoms with Gasteiger partial charge in [-0.15, -0.1) is 0 Å². The minimum Gasteiger partial charge on any atom is -0.257 e. The van der Waals surface area contributed by atoms with Crippen LogP contribution in [0.3, 0.4) is 0 Å². The summed E-state index contributed by atoms with van der Waals surface area (Å²) in [7, 11) is 0. The van der Waals surface area contributed by atoms with E-state index in [0.29, 0.717) is 0 Å². The molecular formula is C8H10N2. The van der Waals surface area contributed by atoms with Crippen LogP contribution in [-0.2, 0) is 0 Å². The SMILES string of the molecule is C=Cc1nc(C)cnc1C. The van der Waals surface area contributed by atoms with E-state index in [1.54, 1.807) is 12.3 Å². The van der Waals surface area contributed by atoms with Gasteiger partial charge in [0.05, 0.1) is 17.1 Å². The third-order valence-corrected chi connectivity index (χ3v) is 1.31. The number of aryl methyl sites for hydroxylation is 2. The van der Waals surface area contributed by atoms with Crippen LogP contribution >= 0.6 is 0 Å². The maximum Gasteiger partial charge on any atom is 0.0839 e. The fourth-order valence-electron chi connectivity index (χ4n) is 0.749. The van der Waals surface area contributed by atoms with Crippen LogP contribution in [0, 0.1) is 13.8 Å². The molecule has 1 heterocycles. The average Bonchev–Trinajstić information content (AvgIpc) is 1.94. The number of nitrogens with zero attached hydrogens (tertiary/aromatic N) is 2. The molecule has 1 rings (SSSR count). The molecular weight excluding hydrogens is 124 g/mol. The largest absolute Gasteiger partial charge is 0.257 e. The highest BCUT2D eigenvalue weighted by Crippen LogP contribution is 2.02. The van der Waals surface area contributed by atoms with E-state index in [1.165, 1.54) is 0 Å². The second kappa shape index (κ2) is 2.60. The highest BCUT2D eigenvalue weighted by Gasteiger charge is 1.94. The Morgan fingerprint density at radius 2 is 2.20 bits per heavy atom. The molecule has 0 radical (unpaired) electrons. The van der Waals surface area contributed by atoms with Gasteiger partial charge in [0.2, 0.25) is 0 Å². The fourth-order valence-corrected chi connectivity index (χ4v) is 0.749. The molecule has 1 aromatic heterocycles. The lowest BCUT2D eigenvalue weighted by molar-refractivity contribution is 1.05. The summed E-state index contributed by atoms with van der Waals surface area (Å²) in [6, 6.07) is 0. The van der Waals surface area contributed by atoms with Crippen LogP contribution in [0.4, 0.5) is 0 Å². The monoisotopic (exact) mass is 134 g/mol. The topological polar surface area (TPSA) is 25.8 Å². The lowest BCUT2D eigenvalue weighted by atomic mass is 10.3. The summed E-state index contributed by atoms with van der Waals surface area (Å²) in [5.41, 5.74) is 2.74. The minimum absolute atomic E-state index is 0.875. The van der Waals surface area contributed by atoms with Crippen molar-refractivity contribution in [3.63, 3.8) is 0 Å². The predicted molar refractivity (Wildman–Crippen MR) is 41.6 cm³/mol. The molecule has 2 nitrogen and oxygen atoms in total. The lowest BCUT2D eigenvalue weighted by Gasteiger charge is -1.97. The van der Waals surface area contributed by atoms with Crippen LogP contribution in [0.1, 0.15) is 17.1 Å². The summed E-state index contributed by atoms with van der Waals surface area (Å²) < 4.78 is 0. The fraction of sp³-hybridized carbons (Fsp3) is 0.250. The predicted octanol–water partition coefficient (Wildman–Crippen LogP) is 1.74. The smallest absolute Gasteiger partial charge is 0.0839 e. The van der Waals surface area contributed by atoms with Gasteiger partial charge in [0.15, 0.2) is 0 Å². The Morgan fingerprint density at radius 3 is 2.70 bits per heavy atom. The van der Waals surface area contributed by atoms with Crippen molar-refractivity contribution in [1.82, 2.24) is 9.97 Å². The first-order chi connectivity index (χ1) is 4.74. The summed E-state index contributed by atoms with van der Waals surface area (Å²) in [4.78, 5) is 8.33. The zero-order valence-electron chi connectivity index (χ0n) is 6.26. The van der Waals surface area contributed by atoms with Crippen molar-refractivity contribution < 1.29 is 0 Å². The highest BCUT2D eigenvalue weighted by atomic mass is 14.8. The van der Waals surface area contributed by atoms with Crippen LogP contribution < -0.4 is 0 Å². The van der Waals surface area contributed by atoms with Crippen molar-refractivity contribution in [3.05, 3.63) is 29.9 Å². The third kappa shape index (κ3) is 1.21. The van der Waals surface area contributed by atoms with Crippen molar-refractivity contribution in [3.8, 4) is 0 Å². The van der Waals surface area contributed by atoms with E-state index in [2.05, 4.69) is 16.5 Å². The van der Waals surface area contributed by atoms with Gasteiger partial charge in [-0.05, 0) is 19.9 Å². The van der Waals surface area contributed by atoms with Crippen LogP contribution in [-0.4, -0.2) is 9.97 Å². The molecule has 0 amide bonds. The standard InChI is InChI=1S/C8H10N2/c1-4-8-7(3)9-5-6(2)10-8/h4-5H,1H2,2-3H3. The van der Waals surface area contributed by atoms with E-state index < -0.39 is 0 Å². The maximum atomic E-state index is 4.21. The first-order valence-electron chi connectivity index (χ1n) is 3.16. The summed E-state index contributed by atoms with van der Waals surface area (Å²) in [5.74, 6) is 0. The molecule has 0 saturated heterocycles. The van der Waals surface area contributed by atoms with Crippen molar-refractivity contribution in [2.75, 3.05) is 0 Å². The molecule has 0 N–H and O–H groups in total. The van der Waals surface area contributed by atoms with E-state index in [9.17, 15) is 0 Å². The van der Waals surface area contributed by atoms with Gasteiger partial charge in [-0.3, -0.25) is 9.97 Å². The number of rotatable bonds is 1. The molecule has 0 atom stereocenters. The molecule has 0 bridgehead atoms. The Morgan fingerprint density at radius 1 is 1.50 bits per heavy atom. The molecule has 52 valence electrons. The van der Waals surface area contributed by atoms with Crippen molar-refractivity contribution in [2.24, 2.45) is 0 Å². The zero-order valence-corrected chi connectivity index (χ0v) is 6.26. The Bertz CT molecular complexity index is 253. The van der Waals surface area contributed by atoms with Crippen molar-refractivity contribution in [2.45, 2.75) is 13.8 Å². The summed E-state index contributed by atoms with van der Waals surface area (Å²) in [5, 5.41) is 0. The van der Waals surface area contributed by atoms with Crippen LogP contribution in [0.5, 0.6) is 0 Å². The summed E-state index contributed by atoms with van der Waals surface area (Å²) in [6.45, 7) is 7.47. The lowest BCUT2D eigenvalue weighted by Crippen LogP contribution is -1.92. The molecule has 0 saturated carbocycles. The van der Waals surface area contributed by atoms with E-state index >= 15 is 0 Å². The first kappa shape index (κ1) is 6.93. The van der Waals surface area contributed by atoms with Crippen molar-refractivity contribution >= 4 is 6.08 Å². The van der Waals surface area contributed by atoms with E-state index in [1.807, 2.05) is 13.8 Å². The molecule has 10 heavy (non-hydrogen) atoms. The van der Waals surface area contributed by atoms with Gasteiger partial charge >= 0.3 is 0 Å². The number of hydrogen-bond donors (Lipinski definition) is 0. The van der Waals surface area contributed by atoms with Gasteiger partial charge in [-0.1, -0.05) is 6.58 Å². The molecule has 1 aromatic rings. The number of hydrogen-bond acceptors (Lipinski definition) is 2. The second-order valence-corrected chi connectivity index (χ2v) is 2.19. The molecule has 0 aromatic carbocycles. The van der Waals surface area contributed by atoms with Crippen LogP contribution in [0.2, 0.25) is 0 Å². The quantitative estimate of drug-likeness (QED) is 0.584. The molecule has 2 heteroatoms.